The van der Waals surface area contributed by atoms with Gasteiger partial charge in [-0.1, -0.05) is 0 Å². The summed E-state index contributed by atoms with van der Waals surface area (Å²) in [6, 6.07) is 2.17. The van der Waals surface area contributed by atoms with E-state index in [4.69, 9.17) is 5.26 Å². The normalized spacial score (nSPS) is 33.7. The third-order valence-electron chi connectivity index (χ3n) is 1.85. The first-order chi connectivity index (χ1) is 4.36. The van der Waals surface area contributed by atoms with E-state index in [0.717, 1.165) is 25.5 Å². The Bertz CT molecular complexity index is 147. The van der Waals surface area contributed by atoms with Crippen molar-refractivity contribution in [3.8, 4) is 6.07 Å². The summed E-state index contributed by atoms with van der Waals surface area (Å²) in [6.45, 7) is 0. The van der Waals surface area contributed by atoms with E-state index < -0.39 is 0 Å². The van der Waals surface area contributed by atoms with Crippen LogP contribution in [0.15, 0.2) is 0 Å². The van der Waals surface area contributed by atoms with Gasteiger partial charge in [0.15, 0.2) is 0 Å². The molecular formula is C7H9NO. The molecule has 1 saturated carbocycles. The van der Waals surface area contributed by atoms with Gasteiger partial charge in [0.25, 0.3) is 0 Å². The molecular weight excluding hydrogens is 114 g/mol. The van der Waals surface area contributed by atoms with Gasteiger partial charge in [-0.25, -0.2) is 0 Å². The smallest absolute Gasteiger partial charge is 0.123 e. The molecule has 2 nitrogen and oxygen atoms in total. The van der Waals surface area contributed by atoms with Crippen molar-refractivity contribution in [1.82, 2.24) is 0 Å². The van der Waals surface area contributed by atoms with Gasteiger partial charge < -0.3 is 4.79 Å². The van der Waals surface area contributed by atoms with Crippen molar-refractivity contribution in [2.24, 2.45) is 11.8 Å². The fraction of sp³-hybridized carbons (Fsp3) is 0.714. The summed E-state index contributed by atoms with van der Waals surface area (Å²) >= 11 is 0. The van der Waals surface area contributed by atoms with Crippen LogP contribution in [0.1, 0.15) is 19.3 Å². The maximum Gasteiger partial charge on any atom is 0.123 e. The van der Waals surface area contributed by atoms with Crippen LogP contribution in [0.5, 0.6) is 0 Å². The van der Waals surface area contributed by atoms with Gasteiger partial charge in [0, 0.05) is 11.8 Å². The Morgan fingerprint density at radius 1 is 1.56 bits per heavy atom. The van der Waals surface area contributed by atoms with Crippen LogP contribution in [-0.4, -0.2) is 6.29 Å². The van der Waals surface area contributed by atoms with Crippen molar-refractivity contribution < 1.29 is 4.79 Å². The first-order valence-corrected chi connectivity index (χ1v) is 3.21. The van der Waals surface area contributed by atoms with E-state index in [-0.39, 0.29) is 11.8 Å². The van der Waals surface area contributed by atoms with Gasteiger partial charge in [-0.05, 0) is 19.3 Å². The Morgan fingerprint density at radius 2 is 2.33 bits per heavy atom. The highest BCUT2D eigenvalue weighted by Crippen LogP contribution is 2.28. The second-order valence-electron chi connectivity index (χ2n) is 2.54. The average molecular weight is 123 g/mol. The van der Waals surface area contributed by atoms with Crippen LogP contribution in [0.25, 0.3) is 0 Å². The third kappa shape index (κ3) is 1.29. The van der Waals surface area contributed by atoms with Crippen molar-refractivity contribution in [2.45, 2.75) is 19.3 Å². The van der Waals surface area contributed by atoms with Gasteiger partial charge in [-0.15, -0.1) is 0 Å². The summed E-state index contributed by atoms with van der Waals surface area (Å²) in [7, 11) is 0. The van der Waals surface area contributed by atoms with Gasteiger partial charge in [0.2, 0.25) is 0 Å². The summed E-state index contributed by atoms with van der Waals surface area (Å²) in [5.74, 6) is 0.329. The molecule has 1 aliphatic carbocycles. The lowest BCUT2D eigenvalue weighted by molar-refractivity contribution is -0.110. The molecule has 2 heteroatoms. The van der Waals surface area contributed by atoms with Crippen LogP contribution >= 0.6 is 0 Å². The SMILES string of the molecule is N#C[C@H]1CC[C@@H](C=O)C1. The van der Waals surface area contributed by atoms with Gasteiger partial charge in [0.05, 0.1) is 6.07 Å². The van der Waals surface area contributed by atoms with E-state index in [1.807, 2.05) is 0 Å². The number of carbonyl (C=O) groups excluding carboxylic acids is 1. The maximum atomic E-state index is 10.2. The van der Waals surface area contributed by atoms with E-state index in [9.17, 15) is 4.79 Å². The average Bonchev–Trinajstić information content (AvgIpc) is 2.34. The zero-order chi connectivity index (χ0) is 6.69. The number of nitriles is 1. The van der Waals surface area contributed by atoms with Gasteiger partial charge in [-0.3, -0.25) is 0 Å². The second kappa shape index (κ2) is 2.63. The molecule has 0 N–H and O–H groups in total. The van der Waals surface area contributed by atoms with E-state index in [1.165, 1.54) is 0 Å². The van der Waals surface area contributed by atoms with Crippen LogP contribution < -0.4 is 0 Å². The minimum Gasteiger partial charge on any atom is -0.303 e. The van der Waals surface area contributed by atoms with E-state index in [0.29, 0.717) is 0 Å². The molecule has 0 amide bonds. The monoisotopic (exact) mass is 123 g/mol. The predicted octanol–water partition coefficient (Wildman–Crippen LogP) is 1.13. The topological polar surface area (TPSA) is 40.9 Å². The number of carbonyl (C=O) groups is 1. The van der Waals surface area contributed by atoms with Crippen molar-refractivity contribution in [3.05, 3.63) is 0 Å². The lowest BCUT2D eigenvalue weighted by Gasteiger charge is -1.93. The lowest BCUT2D eigenvalue weighted by atomic mass is 10.1. The summed E-state index contributed by atoms with van der Waals surface area (Å²) in [5, 5.41) is 8.41. The molecule has 0 radical (unpaired) electrons. The zero-order valence-electron chi connectivity index (χ0n) is 5.21. The summed E-state index contributed by atoms with van der Waals surface area (Å²) in [4.78, 5) is 10.2. The molecule has 0 aromatic heterocycles. The number of rotatable bonds is 1. The molecule has 9 heavy (non-hydrogen) atoms. The highest BCUT2D eigenvalue weighted by Gasteiger charge is 2.23. The minimum atomic E-state index is 0.153. The number of hydrogen-bond acceptors (Lipinski definition) is 2. The van der Waals surface area contributed by atoms with Crippen molar-refractivity contribution in [3.63, 3.8) is 0 Å². The Morgan fingerprint density at radius 3 is 2.67 bits per heavy atom. The Balaban J connectivity index is 2.39. The van der Waals surface area contributed by atoms with Gasteiger partial charge in [-0.2, -0.15) is 5.26 Å². The Hall–Kier alpha value is -0.840. The van der Waals surface area contributed by atoms with Crippen LogP contribution in [0.2, 0.25) is 0 Å². The highest BCUT2D eigenvalue weighted by molar-refractivity contribution is 5.54. The predicted molar refractivity (Wildman–Crippen MR) is 32.5 cm³/mol. The quantitative estimate of drug-likeness (QED) is 0.490. The Kier molecular flexibility index (Phi) is 1.84. The van der Waals surface area contributed by atoms with Crippen LogP contribution in [-0.2, 0) is 4.79 Å². The Labute approximate surface area is 54.5 Å². The van der Waals surface area contributed by atoms with Crippen molar-refractivity contribution in [1.29, 1.82) is 5.26 Å². The summed E-state index contributed by atoms with van der Waals surface area (Å²) < 4.78 is 0. The maximum absolute atomic E-state index is 10.2. The molecule has 0 aromatic rings. The van der Waals surface area contributed by atoms with Gasteiger partial charge >= 0.3 is 0 Å². The fourth-order valence-corrected chi connectivity index (χ4v) is 1.26. The molecule has 0 aliphatic heterocycles. The second-order valence-corrected chi connectivity index (χ2v) is 2.54. The molecule has 1 aliphatic rings. The number of hydrogen-bond donors (Lipinski definition) is 0. The molecule has 0 saturated heterocycles. The van der Waals surface area contributed by atoms with E-state index in [1.54, 1.807) is 0 Å². The van der Waals surface area contributed by atoms with Gasteiger partial charge in [0.1, 0.15) is 6.29 Å². The number of aldehydes is 1. The zero-order valence-corrected chi connectivity index (χ0v) is 5.21. The van der Waals surface area contributed by atoms with Crippen molar-refractivity contribution in [2.75, 3.05) is 0 Å². The first-order valence-electron chi connectivity index (χ1n) is 3.21. The van der Waals surface area contributed by atoms with Crippen LogP contribution in [0.3, 0.4) is 0 Å². The largest absolute Gasteiger partial charge is 0.303 e. The summed E-state index contributed by atoms with van der Waals surface area (Å²) in [6.07, 6.45) is 3.60. The first kappa shape index (κ1) is 6.28. The third-order valence-corrected chi connectivity index (χ3v) is 1.85. The van der Waals surface area contributed by atoms with Crippen LogP contribution in [0.4, 0.5) is 0 Å². The molecule has 0 heterocycles. The summed E-state index contributed by atoms with van der Waals surface area (Å²) in [5.41, 5.74) is 0. The van der Waals surface area contributed by atoms with Crippen LogP contribution in [0, 0.1) is 23.2 Å². The molecule has 0 unspecified atom stereocenters. The van der Waals surface area contributed by atoms with E-state index in [2.05, 4.69) is 6.07 Å². The molecule has 48 valence electrons. The minimum absolute atomic E-state index is 0.153. The molecule has 0 spiro atoms. The molecule has 0 bridgehead atoms. The standard InChI is InChI=1S/C7H9NO/c8-4-6-1-2-7(3-6)5-9/h5-7H,1-3H2/t6-,7+/m0/s1. The molecule has 0 aromatic carbocycles. The van der Waals surface area contributed by atoms with Crippen molar-refractivity contribution >= 4 is 6.29 Å². The number of nitrogens with zero attached hydrogens (tertiary/aromatic N) is 1. The fourth-order valence-electron chi connectivity index (χ4n) is 1.26. The van der Waals surface area contributed by atoms with E-state index >= 15 is 0 Å². The lowest BCUT2D eigenvalue weighted by Crippen LogP contribution is -1.94. The highest BCUT2D eigenvalue weighted by atomic mass is 16.1. The molecule has 1 fully saturated rings. The molecule has 1 rings (SSSR count). The molecule has 2 atom stereocenters.